The van der Waals surface area contributed by atoms with Crippen LogP contribution in [-0.2, 0) is 13.3 Å². The van der Waals surface area contributed by atoms with Gasteiger partial charge in [0.05, 0.1) is 16.1 Å². The minimum atomic E-state index is -2.71. The molecule has 0 amide bonds. The summed E-state index contributed by atoms with van der Waals surface area (Å²) in [5, 5.41) is 3.27. The van der Waals surface area contributed by atoms with E-state index in [9.17, 15) is 0 Å². The summed E-state index contributed by atoms with van der Waals surface area (Å²) in [5.41, 5.74) is 1.50. The molecule has 0 spiro atoms. The van der Waals surface area contributed by atoms with E-state index in [1.54, 1.807) is 10.4 Å². The molecule has 0 aliphatic heterocycles. The Bertz CT molecular complexity index is 589. The molecule has 6 heteroatoms. The van der Waals surface area contributed by atoms with Crippen molar-refractivity contribution in [2.45, 2.75) is 71.5 Å². The Morgan fingerprint density at radius 1 is 0.857 bits per heavy atom. The van der Waals surface area contributed by atoms with Gasteiger partial charge in [0.2, 0.25) is 0 Å². The lowest BCUT2D eigenvalue weighted by Crippen LogP contribution is -2.47. The quantitative estimate of drug-likeness (QED) is 0.228. The summed E-state index contributed by atoms with van der Waals surface area (Å²) in [6.45, 7) is 25.9. The zero-order valence-electron chi connectivity index (χ0n) is 19.3. The summed E-state index contributed by atoms with van der Waals surface area (Å²) < 4.78 is 18.6. The van der Waals surface area contributed by atoms with E-state index in [0.29, 0.717) is 19.8 Å². The maximum absolute atomic E-state index is 6.19. The van der Waals surface area contributed by atoms with Crippen molar-refractivity contribution in [1.82, 2.24) is 0 Å². The van der Waals surface area contributed by atoms with Gasteiger partial charge >= 0.3 is 8.80 Å². The zero-order chi connectivity index (χ0) is 21.4. The zero-order valence-corrected chi connectivity index (χ0v) is 22.3. The minimum absolute atomic E-state index is 0.624. The topological polar surface area (TPSA) is 27.7 Å². The summed E-state index contributed by atoms with van der Waals surface area (Å²) in [6, 6.07) is 3.01. The molecule has 0 aromatic carbocycles. The fourth-order valence-corrected chi connectivity index (χ4v) is 14.7. The third kappa shape index (κ3) is 6.24. The Morgan fingerprint density at radius 2 is 1.32 bits per heavy atom. The molecule has 0 saturated heterocycles. The average Bonchev–Trinajstić information content (AvgIpc) is 3.00. The number of rotatable bonds is 14. The van der Waals surface area contributed by atoms with Crippen LogP contribution in [0, 0.1) is 0 Å². The minimum Gasteiger partial charge on any atom is -0.374 e. The first-order valence-corrected chi connectivity index (χ1v) is 19.0. The van der Waals surface area contributed by atoms with Crippen molar-refractivity contribution in [3.8, 4) is 0 Å². The molecule has 0 fully saturated rings. The first-order valence-electron chi connectivity index (χ1n) is 10.7. The molecule has 0 aromatic heterocycles. The molecule has 0 radical (unpaired) electrons. The van der Waals surface area contributed by atoms with E-state index < -0.39 is 25.0 Å². The molecule has 1 aliphatic rings. The van der Waals surface area contributed by atoms with E-state index in [1.807, 2.05) is 20.8 Å². The van der Waals surface area contributed by atoms with Crippen LogP contribution in [-0.4, -0.2) is 44.8 Å². The SMILES string of the molecule is C=CC[Si](C)(C)C1=CCC(C[Si](OCC)(OCC)OCC)=C1[Si](C)(C)CC=C. The van der Waals surface area contributed by atoms with Crippen LogP contribution in [0.5, 0.6) is 0 Å². The molecule has 0 bridgehead atoms. The predicted molar refractivity (Wildman–Crippen MR) is 130 cm³/mol. The van der Waals surface area contributed by atoms with E-state index in [2.05, 4.69) is 57.6 Å². The lowest BCUT2D eigenvalue weighted by molar-refractivity contribution is 0.0735. The van der Waals surface area contributed by atoms with E-state index >= 15 is 0 Å². The van der Waals surface area contributed by atoms with Crippen LogP contribution < -0.4 is 0 Å². The molecule has 0 heterocycles. The van der Waals surface area contributed by atoms with Crippen molar-refractivity contribution >= 4 is 25.0 Å². The highest BCUT2D eigenvalue weighted by Crippen LogP contribution is 2.44. The van der Waals surface area contributed by atoms with Gasteiger partial charge in [0, 0.05) is 25.9 Å². The fraction of sp³-hybridized carbons (Fsp3) is 0.636. The maximum atomic E-state index is 6.19. The monoisotopic (exact) mass is 438 g/mol. The Morgan fingerprint density at radius 3 is 1.75 bits per heavy atom. The van der Waals surface area contributed by atoms with Crippen molar-refractivity contribution in [2.24, 2.45) is 0 Å². The molecular formula is C22H42O3Si3. The van der Waals surface area contributed by atoms with Gasteiger partial charge < -0.3 is 13.3 Å². The van der Waals surface area contributed by atoms with Crippen LogP contribution in [0.1, 0.15) is 27.2 Å². The molecule has 0 unspecified atom stereocenters. The van der Waals surface area contributed by atoms with Crippen LogP contribution in [0.25, 0.3) is 0 Å². The lowest BCUT2D eigenvalue weighted by atomic mass is 10.3. The Kier molecular flexibility index (Phi) is 10.1. The van der Waals surface area contributed by atoms with Gasteiger partial charge in [-0.15, -0.1) is 13.2 Å². The molecule has 0 aromatic rings. The van der Waals surface area contributed by atoms with Gasteiger partial charge in [0.1, 0.15) is 0 Å². The van der Waals surface area contributed by atoms with E-state index in [0.717, 1.165) is 24.6 Å². The highest BCUT2D eigenvalue weighted by atomic mass is 28.4. The Balaban J connectivity index is 3.47. The fourth-order valence-electron chi connectivity index (χ4n) is 4.37. The van der Waals surface area contributed by atoms with Crippen molar-refractivity contribution < 1.29 is 13.3 Å². The van der Waals surface area contributed by atoms with Gasteiger partial charge in [-0.1, -0.05) is 60.4 Å². The second kappa shape index (κ2) is 11.0. The van der Waals surface area contributed by atoms with E-state index in [1.165, 1.54) is 5.57 Å². The van der Waals surface area contributed by atoms with Crippen LogP contribution in [0.15, 0.2) is 47.4 Å². The van der Waals surface area contributed by atoms with Crippen LogP contribution in [0.2, 0.25) is 44.3 Å². The third-order valence-corrected chi connectivity index (χ3v) is 15.2. The third-order valence-electron chi connectivity index (χ3n) is 5.41. The lowest BCUT2D eigenvalue weighted by Gasteiger charge is -2.35. The van der Waals surface area contributed by atoms with Gasteiger partial charge in [0.25, 0.3) is 0 Å². The summed E-state index contributed by atoms with van der Waals surface area (Å²) >= 11 is 0. The van der Waals surface area contributed by atoms with Gasteiger partial charge in [-0.3, -0.25) is 0 Å². The average molecular weight is 439 g/mol. The molecule has 0 N–H and O–H groups in total. The number of hydrogen-bond donors (Lipinski definition) is 0. The predicted octanol–water partition coefficient (Wildman–Crippen LogP) is 6.53. The van der Waals surface area contributed by atoms with Crippen molar-refractivity contribution in [3.05, 3.63) is 47.4 Å². The second-order valence-corrected chi connectivity index (χ2v) is 20.7. The highest BCUT2D eigenvalue weighted by molar-refractivity contribution is 6.93. The van der Waals surface area contributed by atoms with Gasteiger partial charge in [-0.2, -0.15) is 0 Å². The maximum Gasteiger partial charge on any atom is 0.505 e. The number of hydrogen-bond acceptors (Lipinski definition) is 3. The van der Waals surface area contributed by atoms with Crippen molar-refractivity contribution in [3.63, 3.8) is 0 Å². The summed E-state index contributed by atoms with van der Waals surface area (Å²) in [5.74, 6) is 0. The standard InChI is InChI=1S/C22H42O3Si3/c1-10-17-26(6,7)21-16-15-20(22(21)27(8,9)18-11-2)19-28(23-12-3,24-13-4)25-14-5/h10-11,16H,1-2,12-15,17-19H2,3-9H3. The largest absolute Gasteiger partial charge is 0.505 e. The molecule has 3 nitrogen and oxygen atoms in total. The van der Waals surface area contributed by atoms with Crippen LogP contribution in [0.3, 0.4) is 0 Å². The summed E-state index contributed by atoms with van der Waals surface area (Å²) in [4.78, 5) is 0. The van der Waals surface area contributed by atoms with Gasteiger partial charge in [0.15, 0.2) is 0 Å². The summed E-state index contributed by atoms with van der Waals surface area (Å²) in [7, 11) is -5.93. The number of allylic oxidation sites excluding steroid dienone is 6. The smallest absolute Gasteiger partial charge is 0.374 e. The van der Waals surface area contributed by atoms with Crippen LogP contribution in [0.4, 0.5) is 0 Å². The van der Waals surface area contributed by atoms with Crippen molar-refractivity contribution in [1.29, 1.82) is 0 Å². The molecule has 0 saturated carbocycles. The molecule has 0 atom stereocenters. The highest BCUT2D eigenvalue weighted by Gasteiger charge is 2.45. The van der Waals surface area contributed by atoms with Gasteiger partial charge in [-0.05, 0) is 39.3 Å². The van der Waals surface area contributed by atoms with Crippen molar-refractivity contribution in [2.75, 3.05) is 19.8 Å². The molecule has 28 heavy (non-hydrogen) atoms. The Hall–Kier alpha value is -0.509. The second-order valence-electron chi connectivity index (χ2n) is 8.71. The normalized spacial score (nSPS) is 15.8. The summed E-state index contributed by atoms with van der Waals surface area (Å²) in [6.07, 6.45) is 7.71. The van der Waals surface area contributed by atoms with E-state index in [4.69, 9.17) is 13.3 Å². The Labute approximate surface area is 176 Å². The first kappa shape index (κ1) is 25.5. The van der Waals surface area contributed by atoms with Crippen LogP contribution >= 0.6 is 0 Å². The van der Waals surface area contributed by atoms with Gasteiger partial charge in [-0.25, -0.2) is 0 Å². The molecule has 160 valence electrons. The molecular weight excluding hydrogens is 396 g/mol. The molecule has 1 rings (SSSR count). The molecule has 1 aliphatic carbocycles. The first-order chi connectivity index (χ1) is 13.1. The van der Waals surface area contributed by atoms with E-state index in [-0.39, 0.29) is 0 Å².